The molecule has 1 heterocycles. The van der Waals surface area contributed by atoms with E-state index >= 15 is 0 Å². The van der Waals surface area contributed by atoms with Crippen LogP contribution in [-0.2, 0) is 22.4 Å². The Morgan fingerprint density at radius 3 is 2.33 bits per heavy atom. The summed E-state index contributed by atoms with van der Waals surface area (Å²) in [5, 5.41) is 8.96. The topological polar surface area (TPSA) is 69.6 Å². The predicted octanol–water partition coefficient (Wildman–Crippen LogP) is 1.08. The summed E-state index contributed by atoms with van der Waals surface area (Å²) in [4.78, 5) is 2.38. The fourth-order valence-corrected chi connectivity index (χ4v) is 3.74. The number of benzene rings is 1. The van der Waals surface area contributed by atoms with Crippen LogP contribution >= 0.6 is 0 Å². The van der Waals surface area contributed by atoms with E-state index in [4.69, 9.17) is 5.11 Å². The lowest BCUT2D eigenvalue weighted by Gasteiger charge is -2.14. The van der Waals surface area contributed by atoms with E-state index in [1.165, 1.54) is 12.8 Å². The van der Waals surface area contributed by atoms with E-state index in [1.807, 2.05) is 0 Å². The highest BCUT2D eigenvalue weighted by Gasteiger charge is 2.13. The summed E-state index contributed by atoms with van der Waals surface area (Å²) >= 11 is 0. The first-order valence-corrected chi connectivity index (χ1v) is 9.13. The monoisotopic (exact) mass is 312 g/mol. The fourth-order valence-electron chi connectivity index (χ4n) is 2.55. The third-order valence-electron chi connectivity index (χ3n) is 3.73. The largest absolute Gasteiger partial charge is 0.392 e. The maximum Gasteiger partial charge on any atom is 0.215 e. The van der Waals surface area contributed by atoms with Crippen molar-refractivity contribution in [2.24, 2.45) is 0 Å². The van der Waals surface area contributed by atoms with Gasteiger partial charge in [-0.15, -0.1) is 0 Å². The molecule has 2 N–H and O–H groups in total. The van der Waals surface area contributed by atoms with Crippen LogP contribution in [0.1, 0.15) is 30.4 Å². The number of rotatable bonds is 8. The Kier molecular flexibility index (Phi) is 6.17. The summed E-state index contributed by atoms with van der Waals surface area (Å²) < 4.78 is 26.6. The first kappa shape index (κ1) is 16.4. The number of aliphatic hydroxyl groups excluding tert-OH is 1. The van der Waals surface area contributed by atoms with Crippen LogP contribution in [0.3, 0.4) is 0 Å². The first-order chi connectivity index (χ1) is 10.1. The quantitative estimate of drug-likeness (QED) is 0.705. The zero-order valence-electron chi connectivity index (χ0n) is 12.3. The Balaban J connectivity index is 1.72. The molecule has 1 fully saturated rings. The molecule has 0 unspecified atom stereocenters. The van der Waals surface area contributed by atoms with E-state index in [0.29, 0.717) is 6.54 Å². The van der Waals surface area contributed by atoms with Gasteiger partial charge in [-0.2, -0.15) is 0 Å². The van der Waals surface area contributed by atoms with Gasteiger partial charge in [-0.25, -0.2) is 13.1 Å². The second kappa shape index (κ2) is 7.89. The minimum atomic E-state index is -3.28. The molecule has 1 aromatic rings. The minimum absolute atomic E-state index is 0.0115. The van der Waals surface area contributed by atoms with Crippen LogP contribution in [0, 0.1) is 0 Å². The van der Waals surface area contributed by atoms with Crippen LogP contribution in [-0.4, -0.2) is 44.6 Å². The zero-order valence-corrected chi connectivity index (χ0v) is 13.1. The summed E-state index contributed by atoms with van der Waals surface area (Å²) in [5.74, 6) is -0.0115. The van der Waals surface area contributed by atoms with Crippen molar-refractivity contribution in [2.75, 3.05) is 26.2 Å². The van der Waals surface area contributed by atoms with E-state index in [9.17, 15) is 8.42 Å². The summed E-state index contributed by atoms with van der Waals surface area (Å²) in [6.07, 6.45) is 3.37. The number of nitrogens with zero attached hydrogens (tertiary/aromatic N) is 1. The van der Waals surface area contributed by atoms with Crippen molar-refractivity contribution in [3.05, 3.63) is 35.4 Å². The van der Waals surface area contributed by atoms with Crippen LogP contribution in [0.2, 0.25) is 0 Å². The second-order valence-corrected chi connectivity index (χ2v) is 7.34. The Labute approximate surface area is 127 Å². The molecule has 1 saturated heterocycles. The highest BCUT2D eigenvalue weighted by molar-refractivity contribution is 7.88. The number of nitrogens with one attached hydrogen (secondary N) is 1. The molecule has 0 amide bonds. The van der Waals surface area contributed by atoms with Gasteiger partial charge in [-0.3, -0.25) is 0 Å². The molecule has 118 valence electrons. The molecule has 0 atom stereocenters. The Morgan fingerprint density at radius 1 is 1.10 bits per heavy atom. The lowest BCUT2D eigenvalue weighted by atomic mass is 10.2. The van der Waals surface area contributed by atoms with E-state index in [2.05, 4.69) is 9.62 Å². The number of sulfonamides is 1. The Morgan fingerprint density at radius 2 is 1.71 bits per heavy atom. The standard InChI is InChI=1S/C15H24N2O3S/c18-12-14-4-6-15(7-5-14)13-21(19,20)16-8-3-11-17-9-1-2-10-17/h4-7,16,18H,1-3,8-13H2. The molecule has 0 aliphatic carbocycles. The van der Waals surface area contributed by atoms with Crippen LogP contribution < -0.4 is 4.72 Å². The van der Waals surface area contributed by atoms with Crippen LogP contribution in [0.5, 0.6) is 0 Å². The van der Waals surface area contributed by atoms with Gasteiger partial charge in [0.25, 0.3) is 0 Å². The molecule has 0 bridgehead atoms. The van der Waals surface area contributed by atoms with Crippen molar-refractivity contribution in [3.8, 4) is 0 Å². The molecular formula is C15H24N2O3S. The van der Waals surface area contributed by atoms with Gasteiger partial charge in [-0.05, 0) is 50.0 Å². The lowest BCUT2D eigenvalue weighted by molar-refractivity contribution is 0.282. The van der Waals surface area contributed by atoms with E-state index < -0.39 is 10.0 Å². The Bertz CT molecular complexity index is 522. The molecule has 1 aliphatic rings. The lowest BCUT2D eigenvalue weighted by Crippen LogP contribution is -2.29. The number of hydrogen-bond acceptors (Lipinski definition) is 4. The molecule has 21 heavy (non-hydrogen) atoms. The highest BCUT2D eigenvalue weighted by Crippen LogP contribution is 2.09. The van der Waals surface area contributed by atoms with Gasteiger partial charge in [-0.1, -0.05) is 24.3 Å². The SMILES string of the molecule is O=S(=O)(Cc1ccc(CO)cc1)NCCCN1CCCC1. The molecule has 1 aliphatic heterocycles. The predicted molar refractivity (Wildman–Crippen MR) is 83.3 cm³/mol. The van der Waals surface area contributed by atoms with Gasteiger partial charge in [0, 0.05) is 6.54 Å². The van der Waals surface area contributed by atoms with Crippen molar-refractivity contribution in [2.45, 2.75) is 31.6 Å². The smallest absolute Gasteiger partial charge is 0.215 e. The molecule has 0 spiro atoms. The van der Waals surface area contributed by atoms with Crippen LogP contribution in [0.25, 0.3) is 0 Å². The van der Waals surface area contributed by atoms with Gasteiger partial charge >= 0.3 is 0 Å². The summed E-state index contributed by atoms with van der Waals surface area (Å²) in [5.41, 5.74) is 1.52. The number of aliphatic hydroxyl groups is 1. The van der Waals surface area contributed by atoms with Gasteiger partial charge < -0.3 is 10.0 Å². The summed E-state index contributed by atoms with van der Waals surface area (Å²) in [6, 6.07) is 6.99. The van der Waals surface area contributed by atoms with Crippen molar-refractivity contribution in [3.63, 3.8) is 0 Å². The minimum Gasteiger partial charge on any atom is -0.392 e. The van der Waals surface area contributed by atoms with Crippen molar-refractivity contribution < 1.29 is 13.5 Å². The molecule has 5 nitrogen and oxygen atoms in total. The van der Waals surface area contributed by atoms with Crippen molar-refractivity contribution in [1.29, 1.82) is 0 Å². The van der Waals surface area contributed by atoms with Gasteiger partial charge in [0.2, 0.25) is 10.0 Å². The Hall–Kier alpha value is -0.950. The average molecular weight is 312 g/mol. The van der Waals surface area contributed by atoms with E-state index in [0.717, 1.165) is 37.2 Å². The number of likely N-dealkylation sites (tertiary alicyclic amines) is 1. The molecular weight excluding hydrogens is 288 g/mol. The maximum absolute atomic E-state index is 12.0. The third-order valence-corrected chi connectivity index (χ3v) is 5.09. The molecule has 2 rings (SSSR count). The normalized spacial score (nSPS) is 16.4. The van der Waals surface area contributed by atoms with Gasteiger partial charge in [0.15, 0.2) is 0 Å². The third kappa shape index (κ3) is 5.74. The fraction of sp³-hybridized carbons (Fsp3) is 0.600. The highest BCUT2D eigenvalue weighted by atomic mass is 32.2. The summed E-state index contributed by atoms with van der Waals surface area (Å²) in [7, 11) is -3.28. The molecule has 0 radical (unpaired) electrons. The summed E-state index contributed by atoms with van der Waals surface area (Å²) in [6.45, 7) is 3.72. The molecule has 1 aromatic carbocycles. The van der Waals surface area contributed by atoms with Crippen molar-refractivity contribution >= 4 is 10.0 Å². The zero-order chi connectivity index (χ0) is 15.1. The maximum atomic E-state index is 12.0. The number of hydrogen-bond donors (Lipinski definition) is 2. The van der Waals surface area contributed by atoms with Crippen LogP contribution in [0.15, 0.2) is 24.3 Å². The molecule has 0 aromatic heterocycles. The van der Waals surface area contributed by atoms with Gasteiger partial charge in [0.1, 0.15) is 0 Å². The first-order valence-electron chi connectivity index (χ1n) is 7.47. The molecule has 6 heteroatoms. The van der Waals surface area contributed by atoms with Crippen LogP contribution in [0.4, 0.5) is 0 Å². The van der Waals surface area contributed by atoms with Gasteiger partial charge in [0.05, 0.1) is 12.4 Å². The van der Waals surface area contributed by atoms with E-state index in [1.54, 1.807) is 24.3 Å². The van der Waals surface area contributed by atoms with E-state index in [-0.39, 0.29) is 12.4 Å². The second-order valence-electron chi connectivity index (χ2n) is 5.53. The average Bonchev–Trinajstić information content (AvgIpc) is 2.97. The molecule has 0 saturated carbocycles. The van der Waals surface area contributed by atoms with Crippen molar-refractivity contribution in [1.82, 2.24) is 9.62 Å².